The quantitative estimate of drug-likeness (QED) is 0.504. The van der Waals surface area contributed by atoms with Crippen molar-refractivity contribution in [3.05, 3.63) is 57.3 Å². The van der Waals surface area contributed by atoms with E-state index in [-0.39, 0.29) is 24.4 Å². The maximum Gasteiger partial charge on any atom is 0.349 e. The van der Waals surface area contributed by atoms with Crippen molar-refractivity contribution in [1.82, 2.24) is 14.5 Å². The molecule has 1 saturated heterocycles. The van der Waals surface area contributed by atoms with Gasteiger partial charge in [-0.15, -0.1) is 0 Å². The minimum Gasteiger partial charge on any atom is -0.462 e. The molecule has 5 rings (SSSR count). The zero-order valence-corrected chi connectivity index (χ0v) is 20.4. The zero-order valence-electron chi connectivity index (χ0n) is 20.4. The smallest absolute Gasteiger partial charge is 0.349 e. The molecular weight excluding hydrogens is 489 g/mol. The first-order valence-electron chi connectivity index (χ1n) is 12.0. The second-order valence-electron chi connectivity index (χ2n) is 8.73. The number of benzene rings is 2. The maximum absolute atomic E-state index is 15.5. The first-order valence-corrected chi connectivity index (χ1v) is 12.0. The van der Waals surface area contributed by atoms with Gasteiger partial charge in [-0.1, -0.05) is 0 Å². The topological polar surface area (TPSA) is 92.1 Å². The number of nitrogens with one attached hydrogen (secondary N) is 1. The second kappa shape index (κ2) is 9.85. The van der Waals surface area contributed by atoms with Crippen molar-refractivity contribution in [2.24, 2.45) is 4.99 Å². The molecule has 1 aromatic heterocycles. The van der Waals surface area contributed by atoms with Crippen molar-refractivity contribution >= 4 is 40.4 Å². The van der Waals surface area contributed by atoms with Gasteiger partial charge in [0.2, 0.25) is 0 Å². The molecule has 37 heavy (non-hydrogen) atoms. The molecule has 0 spiro atoms. The number of piperazine rings is 1. The summed E-state index contributed by atoms with van der Waals surface area (Å²) >= 11 is 0. The Balaban J connectivity index is 1.35. The number of rotatable bonds is 6. The molecule has 0 atom stereocenters. The number of halogens is 3. The van der Waals surface area contributed by atoms with Crippen molar-refractivity contribution in [1.29, 1.82) is 0 Å². The molecule has 2 aliphatic rings. The fourth-order valence-corrected chi connectivity index (χ4v) is 4.76. The lowest BCUT2D eigenvalue weighted by Crippen LogP contribution is -2.46. The number of aliphatic imine (C=N–C) groups is 1. The molecule has 2 aromatic carbocycles. The predicted octanol–water partition coefficient (Wildman–Crippen LogP) is 3.42. The Morgan fingerprint density at radius 2 is 1.84 bits per heavy atom. The molecule has 0 aliphatic carbocycles. The van der Waals surface area contributed by atoms with Gasteiger partial charge in [-0.3, -0.25) is 9.47 Å². The third-order valence-electron chi connectivity index (χ3n) is 6.62. The maximum atomic E-state index is 15.5. The van der Waals surface area contributed by atoms with Crippen LogP contribution in [-0.4, -0.2) is 59.5 Å². The van der Waals surface area contributed by atoms with E-state index in [0.717, 1.165) is 0 Å². The van der Waals surface area contributed by atoms with Crippen molar-refractivity contribution in [3.63, 3.8) is 0 Å². The van der Waals surface area contributed by atoms with Gasteiger partial charge in [0.15, 0.2) is 17.5 Å². The molecule has 0 bridgehead atoms. The van der Waals surface area contributed by atoms with E-state index in [1.807, 2.05) is 4.90 Å². The Morgan fingerprint density at radius 3 is 2.54 bits per heavy atom. The number of carbonyl (C=O) groups is 1. The minimum atomic E-state index is -1.24. The molecule has 12 heteroatoms. The summed E-state index contributed by atoms with van der Waals surface area (Å²) in [6.07, 6.45) is 1.46. The second-order valence-corrected chi connectivity index (χ2v) is 8.73. The van der Waals surface area contributed by atoms with E-state index in [2.05, 4.69) is 15.3 Å². The van der Waals surface area contributed by atoms with Crippen molar-refractivity contribution in [3.8, 4) is 0 Å². The SMILES string of the molecule is CCOC(=O)c1ccc(N2CCN(Cc3cc4c5c(n(CC)c(=O)nc5c3F)N=CN4)CC2)c(F)c1F. The van der Waals surface area contributed by atoms with Crippen LogP contribution in [0.5, 0.6) is 0 Å². The molecule has 0 unspecified atom stereocenters. The number of aromatic nitrogens is 2. The van der Waals surface area contributed by atoms with Gasteiger partial charge in [-0.25, -0.2) is 27.8 Å². The third-order valence-corrected chi connectivity index (χ3v) is 6.62. The fourth-order valence-electron chi connectivity index (χ4n) is 4.76. The summed E-state index contributed by atoms with van der Waals surface area (Å²) in [7, 11) is 0. The van der Waals surface area contributed by atoms with E-state index < -0.39 is 34.7 Å². The molecule has 0 saturated carbocycles. The highest BCUT2D eigenvalue weighted by Crippen LogP contribution is 2.36. The van der Waals surface area contributed by atoms with Gasteiger partial charge in [0, 0.05) is 44.8 Å². The Hall–Kier alpha value is -3.93. The summed E-state index contributed by atoms with van der Waals surface area (Å²) in [4.78, 5) is 36.2. The first kappa shape index (κ1) is 24.8. The number of esters is 1. The van der Waals surface area contributed by atoms with Crippen molar-refractivity contribution in [2.75, 3.05) is 43.0 Å². The predicted molar refractivity (Wildman–Crippen MR) is 133 cm³/mol. The summed E-state index contributed by atoms with van der Waals surface area (Å²) in [5.41, 5.74) is -0.00863. The average Bonchev–Trinajstić information content (AvgIpc) is 2.89. The fraction of sp³-hybridized carbons (Fsp3) is 0.360. The van der Waals surface area contributed by atoms with Crippen LogP contribution in [0, 0.1) is 17.5 Å². The highest BCUT2D eigenvalue weighted by atomic mass is 19.2. The molecule has 3 aromatic rings. The molecule has 2 aliphatic heterocycles. The highest BCUT2D eigenvalue weighted by molar-refractivity contribution is 6.06. The van der Waals surface area contributed by atoms with Crippen LogP contribution in [0.25, 0.3) is 10.9 Å². The third kappa shape index (κ3) is 4.31. The van der Waals surface area contributed by atoms with Gasteiger partial charge in [0.25, 0.3) is 0 Å². The molecular formula is C25H25F3N6O3. The minimum absolute atomic E-state index is 0.0283. The van der Waals surface area contributed by atoms with Crippen LogP contribution < -0.4 is 15.9 Å². The summed E-state index contributed by atoms with van der Waals surface area (Å²) in [5.74, 6) is -3.47. The van der Waals surface area contributed by atoms with Crippen LogP contribution in [0.3, 0.4) is 0 Å². The number of hydrogen-bond acceptors (Lipinski definition) is 8. The lowest BCUT2D eigenvalue weighted by Gasteiger charge is -2.36. The molecule has 3 heterocycles. The van der Waals surface area contributed by atoms with Crippen molar-refractivity contribution in [2.45, 2.75) is 26.9 Å². The van der Waals surface area contributed by atoms with Crippen LogP contribution in [-0.2, 0) is 17.8 Å². The summed E-state index contributed by atoms with van der Waals surface area (Å²) in [6, 6.07) is 4.28. The number of nitrogens with zero attached hydrogens (tertiary/aromatic N) is 5. The molecule has 0 amide bonds. The number of hydrogen-bond donors (Lipinski definition) is 1. The Bertz CT molecular complexity index is 1480. The summed E-state index contributed by atoms with van der Waals surface area (Å²) in [5, 5.41) is 3.47. The lowest BCUT2D eigenvalue weighted by atomic mass is 10.1. The van der Waals surface area contributed by atoms with Crippen LogP contribution in [0.1, 0.15) is 29.8 Å². The standard InChI is InChI=1S/C25H25F3N6O3/c1-3-34-23-18-16(29-13-30-23)11-14(19(26)22(18)31-25(34)36)12-32-7-9-33(10-8-32)17-6-5-15(20(27)21(17)28)24(35)37-4-2/h5-6,11,13H,3-4,7-10,12H2,1-2H3,(H,29,30). The monoisotopic (exact) mass is 514 g/mol. The summed E-state index contributed by atoms with van der Waals surface area (Å²) in [6.45, 7) is 5.68. The Labute approximate surface area is 210 Å². The van der Waals surface area contributed by atoms with Gasteiger partial charge in [-0.2, -0.15) is 4.98 Å². The van der Waals surface area contributed by atoms with E-state index in [9.17, 15) is 18.4 Å². The van der Waals surface area contributed by atoms with Gasteiger partial charge >= 0.3 is 11.7 Å². The number of carbonyl (C=O) groups excluding carboxylic acids is 1. The molecule has 1 N–H and O–H groups in total. The van der Waals surface area contributed by atoms with E-state index >= 15 is 4.39 Å². The van der Waals surface area contributed by atoms with Crippen LogP contribution in [0.2, 0.25) is 0 Å². The molecule has 194 valence electrons. The lowest BCUT2D eigenvalue weighted by molar-refractivity contribution is 0.0520. The van der Waals surface area contributed by atoms with Gasteiger partial charge in [-0.05, 0) is 32.0 Å². The Kier molecular flexibility index (Phi) is 6.59. The summed E-state index contributed by atoms with van der Waals surface area (Å²) < 4.78 is 50.9. The Morgan fingerprint density at radius 1 is 1.08 bits per heavy atom. The van der Waals surface area contributed by atoms with E-state index in [4.69, 9.17) is 4.74 Å². The number of ether oxygens (including phenoxy) is 1. The van der Waals surface area contributed by atoms with Crippen LogP contribution in [0.4, 0.5) is 30.4 Å². The zero-order chi connectivity index (χ0) is 26.3. The normalized spacial score (nSPS) is 15.2. The van der Waals surface area contributed by atoms with Gasteiger partial charge < -0.3 is 15.0 Å². The van der Waals surface area contributed by atoms with Crippen molar-refractivity contribution < 1.29 is 22.7 Å². The first-order chi connectivity index (χ1) is 17.8. The largest absolute Gasteiger partial charge is 0.462 e. The molecule has 0 radical (unpaired) electrons. The highest BCUT2D eigenvalue weighted by Gasteiger charge is 2.27. The average molecular weight is 515 g/mol. The van der Waals surface area contributed by atoms with E-state index in [0.29, 0.717) is 55.2 Å². The van der Waals surface area contributed by atoms with Gasteiger partial charge in [0.1, 0.15) is 11.3 Å². The molecule has 1 fully saturated rings. The molecule has 9 nitrogen and oxygen atoms in total. The van der Waals surface area contributed by atoms with Crippen LogP contribution in [0.15, 0.2) is 28.0 Å². The van der Waals surface area contributed by atoms with Crippen LogP contribution >= 0.6 is 0 Å². The van der Waals surface area contributed by atoms with E-state index in [1.54, 1.807) is 24.8 Å². The van der Waals surface area contributed by atoms with Gasteiger partial charge in [0.05, 0.1) is 35.3 Å². The van der Waals surface area contributed by atoms with E-state index in [1.165, 1.54) is 23.0 Å². The number of anilines is 2.